The van der Waals surface area contributed by atoms with Crippen LogP contribution in [0.2, 0.25) is 0 Å². The molecule has 0 aliphatic heterocycles. The van der Waals surface area contributed by atoms with Crippen LogP contribution in [0.5, 0.6) is 5.75 Å². The van der Waals surface area contributed by atoms with Gasteiger partial charge in [-0.15, -0.1) is 0 Å². The normalized spacial score (nSPS) is 13.4. The quantitative estimate of drug-likeness (QED) is 0.289. The average Bonchev–Trinajstić information content (AvgIpc) is 3.47. The number of ether oxygens (including phenoxy) is 1. The zero-order chi connectivity index (χ0) is 25.5. The second-order valence-electron chi connectivity index (χ2n) is 9.87. The van der Waals surface area contributed by atoms with Crippen LogP contribution in [0.3, 0.4) is 0 Å². The summed E-state index contributed by atoms with van der Waals surface area (Å²) in [6, 6.07) is 9.84. The molecule has 0 atom stereocenters. The molecule has 5 aromatic rings. The van der Waals surface area contributed by atoms with Crippen LogP contribution in [-0.2, 0) is 30.5 Å². The second kappa shape index (κ2) is 9.47. The minimum Gasteiger partial charge on any atom is -0.497 e. The number of nitrogens with one attached hydrogen (secondary N) is 2. The highest BCUT2D eigenvalue weighted by Crippen LogP contribution is 2.35. The van der Waals surface area contributed by atoms with E-state index in [4.69, 9.17) is 13.6 Å². The number of furan rings is 1. The Balaban J connectivity index is 1.15. The first-order valence-electron chi connectivity index (χ1n) is 12.9. The summed E-state index contributed by atoms with van der Waals surface area (Å²) in [4.78, 5) is 28.7. The van der Waals surface area contributed by atoms with Crippen molar-refractivity contribution in [2.24, 2.45) is 0 Å². The van der Waals surface area contributed by atoms with Crippen molar-refractivity contribution in [2.45, 2.75) is 51.9 Å². The van der Waals surface area contributed by atoms with E-state index in [0.717, 1.165) is 75.6 Å². The summed E-state index contributed by atoms with van der Waals surface area (Å²) in [5, 5.41) is 6.09. The number of hydrogen-bond donors (Lipinski definition) is 2. The van der Waals surface area contributed by atoms with E-state index in [-0.39, 0.29) is 18.0 Å². The van der Waals surface area contributed by atoms with Crippen LogP contribution < -0.4 is 15.7 Å². The average molecular weight is 499 g/mol. The highest BCUT2D eigenvalue weighted by molar-refractivity contribution is 5.97. The number of hydrogen-bond acceptors (Lipinski definition) is 5. The highest BCUT2D eigenvalue weighted by atomic mass is 16.5. The predicted molar refractivity (Wildman–Crippen MR) is 144 cm³/mol. The Morgan fingerprint density at radius 2 is 1.86 bits per heavy atom. The molecule has 1 amide bonds. The Morgan fingerprint density at radius 1 is 1.03 bits per heavy atom. The zero-order valence-electron chi connectivity index (χ0n) is 21.2. The third-order valence-corrected chi connectivity index (χ3v) is 7.66. The van der Waals surface area contributed by atoms with Gasteiger partial charge in [0, 0.05) is 64.5 Å². The molecule has 0 fully saturated rings. The van der Waals surface area contributed by atoms with Gasteiger partial charge in [-0.05, 0) is 74.4 Å². The monoisotopic (exact) mass is 498 g/mol. The summed E-state index contributed by atoms with van der Waals surface area (Å²) < 4.78 is 17.1. The molecule has 1 aliphatic rings. The van der Waals surface area contributed by atoms with Crippen molar-refractivity contribution in [3.05, 3.63) is 75.0 Å². The van der Waals surface area contributed by atoms with Gasteiger partial charge >= 0.3 is 5.63 Å². The van der Waals surface area contributed by atoms with E-state index in [0.29, 0.717) is 30.5 Å². The van der Waals surface area contributed by atoms with E-state index in [9.17, 15) is 9.59 Å². The van der Waals surface area contributed by atoms with Crippen LogP contribution in [0.25, 0.3) is 32.8 Å². The first kappa shape index (κ1) is 23.4. The molecule has 7 heteroatoms. The minimum absolute atomic E-state index is 0.0873. The summed E-state index contributed by atoms with van der Waals surface area (Å²) in [6.45, 7) is 2.45. The Morgan fingerprint density at radius 3 is 2.73 bits per heavy atom. The number of carbonyl (C=O) groups excluding carboxylic acids is 1. The molecule has 3 heterocycles. The fraction of sp³-hybridized carbons (Fsp3) is 0.333. The fourth-order valence-electron chi connectivity index (χ4n) is 5.59. The summed E-state index contributed by atoms with van der Waals surface area (Å²) in [5.41, 5.74) is 5.79. The maximum Gasteiger partial charge on any atom is 0.339 e. The van der Waals surface area contributed by atoms with Gasteiger partial charge in [-0.3, -0.25) is 4.79 Å². The number of aromatic amines is 1. The molecule has 3 aromatic heterocycles. The molecular formula is C30H30N2O5. The van der Waals surface area contributed by atoms with Gasteiger partial charge in [0.25, 0.3) is 0 Å². The molecule has 0 unspecified atom stereocenters. The Hall–Kier alpha value is -4.00. The van der Waals surface area contributed by atoms with Gasteiger partial charge in [-0.2, -0.15) is 0 Å². The molecule has 0 radical (unpaired) electrons. The number of fused-ring (bicyclic) bond motifs is 5. The number of benzene rings is 2. The molecule has 7 nitrogen and oxygen atoms in total. The molecule has 6 rings (SSSR count). The Bertz CT molecular complexity index is 1700. The third kappa shape index (κ3) is 4.28. The highest BCUT2D eigenvalue weighted by Gasteiger charge is 2.20. The lowest BCUT2D eigenvalue weighted by atomic mass is 9.94. The molecule has 37 heavy (non-hydrogen) atoms. The van der Waals surface area contributed by atoms with E-state index in [1.54, 1.807) is 7.11 Å². The van der Waals surface area contributed by atoms with Gasteiger partial charge in [0.1, 0.15) is 22.7 Å². The summed E-state index contributed by atoms with van der Waals surface area (Å²) in [7, 11) is 1.65. The zero-order valence-corrected chi connectivity index (χ0v) is 21.2. The van der Waals surface area contributed by atoms with E-state index in [2.05, 4.69) is 16.4 Å². The van der Waals surface area contributed by atoms with Crippen molar-refractivity contribution in [2.75, 3.05) is 13.7 Å². The summed E-state index contributed by atoms with van der Waals surface area (Å²) in [5.74, 6) is 1.77. The molecule has 0 saturated heterocycles. The molecule has 0 bridgehead atoms. The minimum atomic E-state index is -0.388. The van der Waals surface area contributed by atoms with Crippen LogP contribution >= 0.6 is 0 Å². The molecule has 190 valence electrons. The number of H-pyrrole nitrogens is 1. The first-order chi connectivity index (χ1) is 18.0. The first-order valence-corrected chi connectivity index (χ1v) is 12.9. The van der Waals surface area contributed by atoms with Crippen molar-refractivity contribution in [3.63, 3.8) is 0 Å². The van der Waals surface area contributed by atoms with Gasteiger partial charge in [0.2, 0.25) is 5.91 Å². The lowest BCUT2D eigenvalue weighted by Crippen LogP contribution is -2.26. The van der Waals surface area contributed by atoms with Crippen LogP contribution in [0, 0.1) is 6.92 Å². The molecule has 0 spiro atoms. The van der Waals surface area contributed by atoms with E-state index < -0.39 is 0 Å². The van der Waals surface area contributed by atoms with Crippen molar-refractivity contribution >= 4 is 38.7 Å². The van der Waals surface area contributed by atoms with Gasteiger partial charge in [0.15, 0.2) is 0 Å². The van der Waals surface area contributed by atoms with Gasteiger partial charge < -0.3 is 23.9 Å². The van der Waals surface area contributed by atoms with Crippen LogP contribution in [0.15, 0.2) is 50.2 Å². The van der Waals surface area contributed by atoms with Crippen molar-refractivity contribution < 1.29 is 18.4 Å². The number of carbonyl (C=O) groups is 1. The smallest absolute Gasteiger partial charge is 0.339 e. The number of amides is 1. The standard InChI is InChI=1S/C30H30N2O5/c1-17-20(8-10-29(33)31-12-11-18-16-32-25-9-7-19(35-2)13-23(18)25)30(34)37-27-15-28-24(14-22(17)27)21-5-3-4-6-26(21)36-28/h7,9,13-16,32H,3-6,8,10-12H2,1-2H3,(H,31,33). The van der Waals surface area contributed by atoms with E-state index in [1.165, 1.54) is 5.56 Å². The number of aryl methyl sites for hydroxylation is 3. The summed E-state index contributed by atoms with van der Waals surface area (Å²) >= 11 is 0. The largest absolute Gasteiger partial charge is 0.497 e. The van der Waals surface area contributed by atoms with Crippen molar-refractivity contribution in [3.8, 4) is 5.75 Å². The third-order valence-electron chi connectivity index (χ3n) is 7.66. The maximum atomic E-state index is 12.8. The van der Waals surface area contributed by atoms with Crippen LogP contribution in [0.1, 0.15) is 47.3 Å². The molecular weight excluding hydrogens is 468 g/mol. The van der Waals surface area contributed by atoms with Gasteiger partial charge in [-0.1, -0.05) is 0 Å². The van der Waals surface area contributed by atoms with Gasteiger partial charge in [-0.25, -0.2) is 4.79 Å². The number of rotatable bonds is 7. The van der Waals surface area contributed by atoms with Crippen molar-refractivity contribution in [1.29, 1.82) is 0 Å². The van der Waals surface area contributed by atoms with Gasteiger partial charge in [0.05, 0.1) is 7.11 Å². The Labute approximate surface area is 213 Å². The summed E-state index contributed by atoms with van der Waals surface area (Å²) in [6.07, 6.45) is 7.50. The Kier molecular flexibility index (Phi) is 5.99. The molecule has 2 aromatic carbocycles. The lowest BCUT2D eigenvalue weighted by molar-refractivity contribution is -0.121. The lowest BCUT2D eigenvalue weighted by Gasteiger charge is -2.10. The predicted octanol–water partition coefficient (Wildman–Crippen LogP) is 5.51. The number of aromatic nitrogens is 1. The topological polar surface area (TPSA) is 97.5 Å². The second-order valence-corrected chi connectivity index (χ2v) is 9.87. The maximum absolute atomic E-state index is 12.8. The number of methoxy groups -OCH3 is 1. The SMILES string of the molecule is COc1ccc2[nH]cc(CCNC(=O)CCc3c(C)c4cc5c6c(oc5cc4oc3=O)CCCC6)c2c1. The van der Waals surface area contributed by atoms with E-state index in [1.807, 2.05) is 37.4 Å². The van der Waals surface area contributed by atoms with Crippen molar-refractivity contribution in [1.82, 2.24) is 10.3 Å². The fourth-order valence-corrected chi connectivity index (χ4v) is 5.59. The van der Waals surface area contributed by atoms with E-state index >= 15 is 0 Å². The molecule has 2 N–H and O–H groups in total. The van der Waals surface area contributed by atoms with Crippen LogP contribution in [0.4, 0.5) is 0 Å². The van der Waals surface area contributed by atoms with Crippen LogP contribution in [-0.4, -0.2) is 24.5 Å². The molecule has 1 aliphatic carbocycles. The molecule has 0 saturated carbocycles.